The molecule has 4 atom stereocenters. The van der Waals surface area contributed by atoms with Crippen molar-refractivity contribution in [2.75, 3.05) is 100 Å². The molecule has 24 heteroatoms. The second-order valence-electron chi connectivity index (χ2n) is 22.5. The van der Waals surface area contributed by atoms with Crippen LogP contribution in [0.3, 0.4) is 0 Å². The second-order valence-corrected chi connectivity index (χ2v) is 25.9. The van der Waals surface area contributed by atoms with Crippen molar-refractivity contribution in [2.45, 2.75) is 22.9 Å². The topological polar surface area (TPSA) is 166 Å². The fourth-order valence-electron chi connectivity index (χ4n) is 13.6. The fourth-order valence-corrected chi connectivity index (χ4v) is 15.3. The molecule has 0 spiro atoms. The van der Waals surface area contributed by atoms with Crippen LogP contribution in [0.25, 0.3) is 0 Å². The summed E-state index contributed by atoms with van der Waals surface area (Å²) in [5.41, 5.74) is 5.67. The quantitative estimate of drug-likeness (QED) is 0.132. The van der Waals surface area contributed by atoms with Gasteiger partial charge in [0.1, 0.15) is 0 Å². The van der Waals surface area contributed by atoms with E-state index < -0.39 is 22.9 Å². The van der Waals surface area contributed by atoms with Crippen molar-refractivity contribution in [1.29, 1.82) is 0 Å². The Bertz CT molecular complexity index is 3720. The molecule has 8 aliphatic rings. The molecule has 8 heterocycles. The predicted octanol–water partition coefficient (Wildman–Crippen LogP) is 13.9. The minimum absolute atomic E-state index is 0.0759. The molecule has 8 aliphatic heterocycles. The molecule has 4 saturated heterocycles. The van der Waals surface area contributed by atoms with Crippen LogP contribution in [-0.2, 0) is 61.0 Å². The number of benzene rings is 8. The van der Waals surface area contributed by atoms with Gasteiger partial charge in [0.15, 0.2) is 22.9 Å². The minimum Gasteiger partial charge on any atom is -0.350 e. The first kappa shape index (κ1) is 64.4. The van der Waals surface area contributed by atoms with Gasteiger partial charge in [-0.05, 0) is 97.1 Å². The maximum atomic E-state index is 12.3. The number of carbonyl (C=O) groups is 4. The summed E-state index contributed by atoms with van der Waals surface area (Å²) < 4.78 is 24.8. The Hall–Kier alpha value is -6.36. The highest BCUT2D eigenvalue weighted by molar-refractivity contribution is 6.34. The van der Waals surface area contributed by atoms with Crippen molar-refractivity contribution in [3.05, 3.63) is 255 Å². The van der Waals surface area contributed by atoms with Gasteiger partial charge in [0, 0.05) is 134 Å². The molecule has 0 aliphatic carbocycles. The van der Waals surface area contributed by atoms with Crippen LogP contribution in [0.1, 0.15) is 44.5 Å². The molecule has 8 aromatic rings. The molecule has 92 heavy (non-hydrogen) atoms. The Balaban J connectivity index is 0.000000112. The van der Waals surface area contributed by atoms with Gasteiger partial charge in [-0.1, -0.05) is 166 Å². The highest BCUT2D eigenvalue weighted by Crippen LogP contribution is 2.52. The Morgan fingerprint density at radius 1 is 0.283 bits per heavy atom. The van der Waals surface area contributed by atoms with Crippen LogP contribution in [0, 0.1) is 0 Å². The van der Waals surface area contributed by atoms with Gasteiger partial charge in [-0.25, -0.2) is 0 Å². The zero-order chi connectivity index (χ0) is 64.1. The van der Waals surface area contributed by atoms with Crippen molar-refractivity contribution in [3.8, 4) is 0 Å². The smallest absolute Gasteiger partial charge is 0.238 e. The van der Waals surface area contributed by atoms with Gasteiger partial charge in [-0.2, -0.15) is 0 Å². The molecule has 4 N–H and O–H groups in total. The van der Waals surface area contributed by atoms with Gasteiger partial charge in [-0.15, -0.1) is 0 Å². The van der Waals surface area contributed by atoms with Crippen molar-refractivity contribution in [1.82, 2.24) is 19.6 Å². The third kappa shape index (κ3) is 11.6. The lowest BCUT2D eigenvalue weighted by Crippen LogP contribution is -2.44. The Kier molecular flexibility index (Phi) is 18.5. The van der Waals surface area contributed by atoms with Gasteiger partial charge in [0.05, 0.1) is 52.6 Å². The van der Waals surface area contributed by atoms with E-state index in [1.165, 1.54) is 0 Å². The first-order valence-electron chi connectivity index (χ1n) is 29.4. The number of hydrogen-bond donors (Lipinski definition) is 4. The Morgan fingerprint density at radius 2 is 0.489 bits per heavy atom. The van der Waals surface area contributed by atoms with Gasteiger partial charge in [0.25, 0.3) is 0 Å². The van der Waals surface area contributed by atoms with E-state index in [9.17, 15) is 19.2 Å². The van der Waals surface area contributed by atoms with Crippen molar-refractivity contribution < 1.29 is 38.1 Å². The summed E-state index contributed by atoms with van der Waals surface area (Å²) in [5.74, 6) is -0.304. The van der Waals surface area contributed by atoms with E-state index in [4.69, 9.17) is 112 Å². The number of fused-ring (bicyclic) bond motifs is 12. The number of rotatable bonds is 4. The molecule has 0 unspecified atom stereocenters. The number of ether oxygens (including phenoxy) is 4. The van der Waals surface area contributed by atoms with Crippen LogP contribution in [-0.4, -0.2) is 122 Å². The third-order valence-corrected chi connectivity index (χ3v) is 19.5. The zero-order valence-corrected chi connectivity index (χ0v) is 54.8. The molecule has 8 aromatic carbocycles. The van der Waals surface area contributed by atoms with Crippen LogP contribution < -0.4 is 21.3 Å². The number of nitrogens with one attached hydrogen (secondary N) is 4. The van der Waals surface area contributed by atoms with Crippen LogP contribution in [0.4, 0.5) is 22.7 Å². The summed E-state index contributed by atoms with van der Waals surface area (Å²) >= 11 is 50.8. The number of carbonyl (C=O) groups excluding carboxylic acids is 4. The van der Waals surface area contributed by atoms with Crippen LogP contribution in [0.2, 0.25) is 40.2 Å². The van der Waals surface area contributed by atoms with Crippen molar-refractivity contribution in [2.24, 2.45) is 0 Å². The molecular weight excluding hydrogens is 1340 g/mol. The third-order valence-electron chi connectivity index (χ3n) is 17.2. The van der Waals surface area contributed by atoms with E-state index in [-0.39, 0.29) is 49.8 Å². The summed E-state index contributed by atoms with van der Waals surface area (Å²) in [5, 5.41) is 16.4. The summed E-state index contributed by atoms with van der Waals surface area (Å²) in [6.45, 7) is 5.58. The number of amides is 4. The summed E-state index contributed by atoms with van der Waals surface area (Å²) in [6, 6.07) is 51.8. The molecule has 0 radical (unpaired) electrons. The molecular formula is C68H56Cl8N8O8. The standard InChI is InChI=1S/4C17H14Cl2N2O2/c4*18-11-5-6-15-13(9-11)17(12-3-1-2-4-14(12)19)21(7-8-23-17)10-16(22)20-15/h4*1-6,9H,7-8,10H2,(H,20,22)/t4*17-/m1111/s1. The average Bonchev–Trinajstić information content (AvgIpc) is 1.52. The molecule has 0 aromatic heterocycles. The molecule has 4 fully saturated rings. The van der Waals surface area contributed by atoms with Gasteiger partial charge >= 0.3 is 0 Å². The SMILES string of the molecule is O=C1CN2CCO[C@]2(c2ccccc2Cl)c2cc(Cl)ccc2N1.O=C1CN2CCO[C@]2(c2ccccc2Cl)c2cc(Cl)ccc2N1.O=C1CN2CCO[C@]2(c2ccccc2Cl)c2cc(Cl)ccc2N1.O=C1CN2CCO[C@]2(c2ccccc2Cl)c2cc(Cl)ccc2N1. The van der Waals surface area contributed by atoms with Crippen molar-refractivity contribution >= 4 is 139 Å². The van der Waals surface area contributed by atoms with Crippen LogP contribution in [0.15, 0.2) is 170 Å². The largest absolute Gasteiger partial charge is 0.350 e. The first-order valence-corrected chi connectivity index (χ1v) is 32.4. The molecule has 472 valence electrons. The highest BCUT2D eigenvalue weighted by atomic mass is 35.5. The van der Waals surface area contributed by atoms with E-state index in [0.717, 1.165) is 44.5 Å². The molecule has 4 amide bonds. The van der Waals surface area contributed by atoms with Crippen molar-refractivity contribution in [3.63, 3.8) is 0 Å². The van der Waals surface area contributed by atoms with Crippen LogP contribution >= 0.6 is 92.8 Å². The number of halogens is 8. The minimum atomic E-state index is -0.905. The lowest BCUT2D eigenvalue weighted by atomic mass is 9.92. The molecule has 0 saturated carbocycles. The van der Waals surface area contributed by atoms with E-state index in [0.29, 0.717) is 116 Å². The lowest BCUT2D eigenvalue weighted by Gasteiger charge is -2.37. The van der Waals surface area contributed by atoms with Gasteiger partial charge in [-0.3, -0.25) is 38.8 Å². The number of nitrogens with zero attached hydrogens (tertiary/aromatic N) is 4. The number of anilines is 4. The average molecular weight is 1400 g/mol. The van der Waals surface area contributed by atoms with E-state index >= 15 is 0 Å². The van der Waals surface area contributed by atoms with E-state index in [1.807, 2.05) is 141 Å². The summed E-state index contributed by atoms with van der Waals surface area (Å²) in [6.07, 6.45) is 0. The van der Waals surface area contributed by atoms with Gasteiger partial charge < -0.3 is 40.2 Å². The van der Waals surface area contributed by atoms with E-state index in [2.05, 4.69) is 21.3 Å². The summed E-state index contributed by atoms with van der Waals surface area (Å²) in [4.78, 5) is 57.1. The maximum absolute atomic E-state index is 12.3. The maximum Gasteiger partial charge on any atom is 0.238 e. The Labute approximate surface area is 570 Å². The lowest BCUT2D eigenvalue weighted by molar-refractivity contribution is -0.121. The fraction of sp³-hybridized carbons (Fsp3) is 0.235. The number of hydrogen-bond acceptors (Lipinski definition) is 12. The highest BCUT2D eigenvalue weighted by Gasteiger charge is 2.54. The normalized spacial score (nSPS) is 23.8. The summed E-state index contributed by atoms with van der Waals surface area (Å²) in [7, 11) is 0. The van der Waals surface area contributed by atoms with Crippen LogP contribution in [0.5, 0.6) is 0 Å². The van der Waals surface area contributed by atoms with Gasteiger partial charge in [0.2, 0.25) is 23.6 Å². The molecule has 16 rings (SSSR count). The monoisotopic (exact) mass is 1390 g/mol. The first-order chi connectivity index (χ1) is 44.4. The zero-order valence-electron chi connectivity index (χ0n) is 48.7. The second kappa shape index (κ2) is 26.4. The molecule has 0 bridgehead atoms. The molecule has 16 nitrogen and oxygen atoms in total. The predicted molar refractivity (Wildman–Crippen MR) is 359 cm³/mol. The van der Waals surface area contributed by atoms with E-state index in [1.54, 1.807) is 48.5 Å². The Morgan fingerprint density at radius 3 is 0.696 bits per heavy atom.